The number of pyridine rings is 1. The molecule has 0 aliphatic heterocycles. The number of imidazole rings is 1. The standard InChI is InChI=1S/C13H10ClN3S/c14-12-6-5-9(7-15-12)8-18-13-16-10-3-1-2-4-11(10)17-13/h1-7H,8H2,(H,16,17). The van der Waals surface area contributed by atoms with Crippen molar-refractivity contribution >= 4 is 34.4 Å². The van der Waals surface area contributed by atoms with Crippen LogP contribution in [0.5, 0.6) is 0 Å². The highest BCUT2D eigenvalue weighted by Gasteiger charge is 2.03. The van der Waals surface area contributed by atoms with Crippen LogP contribution in [0.15, 0.2) is 47.8 Å². The number of aromatic nitrogens is 3. The van der Waals surface area contributed by atoms with Crippen molar-refractivity contribution in [2.45, 2.75) is 10.9 Å². The third kappa shape index (κ3) is 2.49. The molecule has 2 heterocycles. The number of thioether (sulfide) groups is 1. The van der Waals surface area contributed by atoms with Gasteiger partial charge in [-0.3, -0.25) is 0 Å². The van der Waals surface area contributed by atoms with Crippen LogP contribution in [0.25, 0.3) is 11.0 Å². The molecule has 0 atom stereocenters. The number of nitrogens with one attached hydrogen (secondary N) is 1. The van der Waals surface area contributed by atoms with Gasteiger partial charge in [0.1, 0.15) is 5.15 Å². The van der Waals surface area contributed by atoms with Gasteiger partial charge in [0.05, 0.1) is 11.0 Å². The first-order valence-corrected chi connectivity index (χ1v) is 6.85. The molecule has 1 aromatic carbocycles. The molecule has 0 radical (unpaired) electrons. The first kappa shape index (κ1) is 11.6. The average Bonchev–Trinajstić information content (AvgIpc) is 2.81. The van der Waals surface area contributed by atoms with Crippen molar-refractivity contribution in [2.75, 3.05) is 0 Å². The first-order chi connectivity index (χ1) is 8.81. The minimum Gasteiger partial charge on any atom is -0.333 e. The van der Waals surface area contributed by atoms with E-state index in [-0.39, 0.29) is 0 Å². The van der Waals surface area contributed by atoms with Crippen molar-refractivity contribution in [3.63, 3.8) is 0 Å². The number of fused-ring (bicyclic) bond motifs is 1. The summed E-state index contributed by atoms with van der Waals surface area (Å²) >= 11 is 7.40. The zero-order valence-corrected chi connectivity index (χ0v) is 11.0. The topological polar surface area (TPSA) is 41.6 Å². The summed E-state index contributed by atoms with van der Waals surface area (Å²) in [6.07, 6.45) is 1.79. The SMILES string of the molecule is Clc1ccc(CSc2nc3ccccc3[nH]2)cn1. The van der Waals surface area contributed by atoms with Crippen LogP contribution in [-0.2, 0) is 5.75 Å². The lowest BCUT2D eigenvalue weighted by Gasteiger charge is -1.98. The predicted molar refractivity (Wildman–Crippen MR) is 74.9 cm³/mol. The van der Waals surface area contributed by atoms with Crippen LogP contribution in [0.4, 0.5) is 0 Å². The number of hydrogen-bond acceptors (Lipinski definition) is 3. The van der Waals surface area contributed by atoms with Crippen LogP contribution in [0.3, 0.4) is 0 Å². The smallest absolute Gasteiger partial charge is 0.166 e. The van der Waals surface area contributed by atoms with E-state index in [1.165, 1.54) is 0 Å². The maximum atomic E-state index is 5.75. The van der Waals surface area contributed by atoms with Crippen LogP contribution in [0, 0.1) is 0 Å². The minimum atomic E-state index is 0.521. The Morgan fingerprint density at radius 3 is 2.83 bits per heavy atom. The highest BCUT2D eigenvalue weighted by molar-refractivity contribution is 7.98. The third-order valence-electron chi connectivity index (χ3n) is 2.53. The molecule has 0 fully saturated rings. The number of aromatic amines is 1. The summed E-state index contributed by atoms with van der Waals surface area (Å²) in [5.41, 5.74) is 3.19. The third-order valence-corrected chi connectivity index (χ3v) is 3.70. The quantitative estimate of drug-likeness (QED) is 0.582. The monoisotopic (exact) mass is 275 g/mol. The van der Waals surface area contributed by atoms with Crippen molar-refractivity contribution in [2.24, 2.45) is 0 Å². The number of para-hydroxylation sites is 2. The van der Waals surface area contributed by atoms with Gasteiger partial charge in [0.15, 0.2) is 5.16 Å². The number of halogens is 1. The van der Waals surface area contributed by atoms with E-state index in [9.17, 15) is 0 Å². The zero-order chi connectivity index (χ0) is 12.4. The van der Waals surface area contributed by atoms with Gasteiger partial charge < -0.3 is 4.98 Å². The van der Waals surface area contributed by atoms with Gasteiger partial charge in [0.2, 0.25) is 0 Å². The van der Waals surface area contributed by atoms with Crippen molar-refractivity contribution in [1.29, 1.82) is 0 Å². The lowest BCUT2D eigenvalue weighted by atomic mass is 10.3. The van der Waals surface area contributed by atoms with Gasteiger partial charge in [0.25, 0.3) is 0 Å². The van der Waals surface area contributed by atoms with E-state index in [2.05, 4.69) is 15.0 Å². The fraction of sp³-hybridized carbons (Fsp3) is 0.0769. The normalized spacial score (nSPS) is 10.9. The minimum absolute atomic E-state index is 0.521. The molecule has 5 heteroatoms. The Hall–Kier alpha value is -1.52. The second-order valence-corrected chi connectivity index (χ2v) is 5.19. The molecule has 0 saturated heterocycles. The number of hydrogen-bond donors (Lipinski definition) is 1. The molecule has 0 aliphatic carbocycles. The fourth-order valence-electron chi connectivity index (χ4n) is 1.64. The average molecular weight is 276 g/mol. The Labute approximate surface area is 114 Å². The summed E-state index contributed by atoms with van der Waals surface area (Å²) in [7, 11) is 0. The van der Waals surface area contributed by atoms with E-state index >= 15 is 0 Å². The largest absolute Gasteiger partial charge is 0.333 e. The lowest BCUT2D eigenvalue weighted by Crippen LogP contribution is -1.83. The Kier molecular flexibility index (Phi) is 3.21. The maximum Gasteiger partial charge on any atom is 0.166 e. The Bertz CT molecular complexity index is 630. The van der Waals surface area contributed by atoms with E-state index in [0.717, 1.165) is 27.5 Å². The molecule has 3 aromatic rings. The molecular formula is C13H10ClN3S. The molecule has 0 amide bonds. The Balaban J connectivity index is 1.74. The Morgan fingerprint density at radius 1 is 1.17 bits per heavy atom. The summed E-state index contributed by atoms with van der Waals surface area (Å²) in [5, 5.41) is 1.44. The number of H-pyrrole nitrogens is 1. The van der Waals surface area contributed by atoms with E-state index < -0.39 is 0 Å². The molecule has 1 N–H and O–H groups in total. The molecule has 90 valence electrons. The summed E-state index contributed by atoms with van der Waals surface area (Å²) in [6.45, 7) is 0. The maximum absolute atomic E-state index is 5.75. The molecule has 2 aromatic heterocycles. The fourth-order valence-corrected chi connectivity index (χ4v) is 2.57. The van der Waals surface area contributed by atoms with Gasteiger partial charge in [-0.05, 0) is 23.8 Å². The first-order valence-electron chi connectivity index (χ1n) is 5.49. The Morgan fingerprint density at radius 2 is 2.06 bits per heavy atom. The molecule has 3 nitrogen and oxygen atoms in total. The van der Waals surface area contributed by atoms with E-state index in [1.54, 1.807) is 24.0 Å². The van der Waals surface area contributed by atoms with Crippen LogP contribution in [-0.4, -0.2) is 15.0 Å². The molecule has 18 heavy (non-hydrogen) atoms. The summed E-state index contributed by atoms with van der Waals surface area (Å²) in [6, 6.07) is 11.8. The highest BCUT2D eigenvalue weighted by atomic mass is 35.5. The van der Waals surface area contributed by atoms with Crippen molar-refractivity contribution in [3.05, 3.63) is 53.3 Å². The zero-order valence-electron chi connectivity index (χ0n) is 9.43. The molecule has 3 rings (SSSR count). The second-order valence-electron chi connectivity index (χ2n) is 3.84. The molecule has 0 bridgehead atoms. The summed E-state index contributed by atoms with van der Waals surface area (Å²) < 4.78 is 0. The van der Waals surface area contributed by atoms with Crippen LogP contribution < -0.4 is 0 Å². The molecule has 0 spiro atoms. The van der Waals surface area contributed by atoms with Crippen molar-refractivity contribution < 1.29 is 0 Å². The van der Waals surface area contributed by atoms with Gasteiger partial charge in [-0.2, -0.15) is 0 Å². The van der Waals surface area contributed by atoms with E-state index in [1.807, 2.05) is 30.3 Å². The molecular weight excluding hydrogens is 266 g/mol. The van der Waals surface area contributed by atoms with E-state index in [4.69, 9.17) is 11.6 Å². The van der Waals surface area contributed by atoms with Gasteiger partial charge in [0, 0.05) is 11.9 Å². The van der Waals surface area contributed by atoms with Crippen LogP contribution >= 0.6 is 23.4 Å². The molecule has 0 unspecified atom stereocenters. The van der Waals surface area contributed by atoms with Gasteiger partial charge in [-0.25, -0.2) is 9.97 Å². The summed E-state index contributed by atoms with van der Waals surface area (Å²) in [4.78, 5) is 11.8. The van der Waals surface area contributed by atoms with Gasteiger partial charge >= 0.3 is 0 Å². The van der Waals surface area contributed by atoms with Crippen molar-refractivity contribution in [3.8, 4) is 0 Å². The van der Waals surface area contributed by atoms with E-state index in [0.29, 0.717) is 5.15 Å². The number of benzene rings is 1. The second kappa shape index (κ2) is 5.00. The van der Waals surface area contributed by atoms with Gasteiger partial charge in [-0.1, -0.05) is 41.6 Å². The van der Waals surface area contributed by atoms with Crippen LogP contribution in [0.1, 0.15) is 5.56 Å². The number of nitrogens with zero attached hydrogens (tertiary/aromatic N) is 2. The number of rotatable bonds is 3. The summed E-state index contributed by atoms with van der Waals surface area (Å²) in [5.74, 6) is 0.823. The predicted octanol–water partition coefficient (Wildman–Crippen LogP) is 3.90. The lowest BCUT2D eigenvalue weighted by molar-refractivity contribution is 1.08. The molecule has 0 saturated carbocycles. The van der Waals surface area contributed by atoms with Crippen LogP contribution in [0.2, 0.25) is 5.15 Å². The van der Waals surface area contributed by atoms with Crippen molar-refractivity contribution in [1.82, 2.24) is 15.0 Å². The highest BCUT2D eigenvalue weighted by Crippen LogP contribution is 2.22. The van der Waals surface area contributed by atoms with Gasteiger partial charge in [-0.15, -0.1) is 0 Å². The molecule has 0 aliphatic rings.